The van der Waals surface area contributed by atoms with Crippen LogP contribution in [-0.4, -0.2) is 28.6 Å². The van der Waals surface area contributed by atoms with Gasteiger partial charge < -0.3 is 5.11 Å². The first-order valence-electron chi connectivity index (χ1n) is 6.23. The number of hydrogen-bond donors (Lipinski definition) is 1. The predicted molar refractivity (Wildman–Crippen MR) is 67.0 cm³/mol. The molecule has 4 heteroatoms. The second-order valence-electron chi connectivity index (χ2n) is 5.24. The second-order valence-corrected chi connectivity index (χ2v) is 5.24. The Labute approximate surface area is 106 Å². The number of rotatable bonds is 3. The van der Waals surface area contributed by atoms with Crippen molar-refractivity contribution < 1.29 is 14.3 Å². The summed E-state index contributed by atoms with van der Waals surface area (Å²) in [6.07, 6.45) is 1.16. The topological polar surface area (TPSA) is 40.5 Å². The van der Waals surface area contributed by atoms with E-state index in [1.54, 1.807) is 6.07 Å². The highest BCUT2D eigenvalue weighted by Gasteiger charge is 2.26. The van der Waals surface area contributed by atoms with Gasteiger partial charge in [-0.15, -0.1) is 0 Å². The number of benzene rings is 1. The molecule has 1 aliphatic rings. The van der Waals surface area contributed by atoms with Gasteiger partial charge in [-0.25, -0.2) is 9.18 Å². The third-order valence-electron chi connectivity index (χ3n) is 3.56. The molecule has 0 aliphatic carbocycles. The Bertz CT molecular complexity index is 461. The third kappa shape index (κ3) is 2.70. The molecule has 1 aromatic rings. The standard InChI is InChI=1S/C14H18FNO2/c1-9-5-10(2)16(7-9)8-11-3-4-12(14(17)18)13(15)6-11/h3-4,6,9-10H,5,7-8H2,1-2H3,(H,17,18). The summed E-state index contributed by atoms with van der Waals surface area (Å²) in [7, 11) is 0. The summed E-state index contributed by atoms with van der Waals surface area (Å²) in [5.41, 5.74) is 0.569. The normalized spacial score (nSPS) is 24.4. The smallest absolute Gasteiger partial charge is 0.338 e. The zero-order chi connectivity index (χ0) is 13.3. The number of aromatic carboxylic acids is 1. The lowest BCUT2D eigenvalue weighted by Crippen LogP contribution is -2.26. The Morgan fingerprint density at radius 3 is 2.72 bits per heavy atom. The minimum atomic E-state index is -1.22. The molecule has 3 nitrogen and oxygen atoms in total. The van der Waals surface area contributed by atoms with E-state index in [1.165, 1.54) is 12.1 Å². The molecule has 1 N–H and O–H groups in total. The molecular weight excluding hydrogens is 233 g/mol. The van der Waals surface area contributed by atoms with E-state index in [2.05, 4.69) is 18.7 Å². The third-order valence-corrected chi connectivity index (χ3v) is 3.56. The molecule has 2 atom stereocenters. The van der Waals surface area contributed by atoms with E-state index in [9.17, 15) is 9.18 Å². The zero-order valence-corrected chi connectivity index (χ0v) is 10.7. The fourth-order valence-electron chi connectivity index (χ4n) is 2.67. The SMILES string of the molecule is CC1CC(C)N(Cc2ccc(C(=O)O)c(F)c2)C1. The second kappa shape index (κ2) is 5.06. The van der Waals surface area contributed by atoms with E-state index >= 15 is 0 Å². The summed E-state index contributed by atoms with van der Waals surface area (Å²) in [6, 6.07) is 4.88. The highest BCUT2D eigenvalue weighted by atomic mass is 19.1. The molecule has 0 radical (unpaired) electrons. The van der Waals surface area contributed by atoms with Crippen molar-refractivity contribution in [1.29, 1.82) is 0 Å². The van der Waals surface area contributed by atoms with Crippen LogP contribution in [0.3, 0.4) is 0 Å². The Kier molecular flexibility index (Phi) is 3.66. The van der Waals surface area contributed by atoms with E-state index < -0.39 is 11.8 Å². The fourth-order valence-corrected chi connectivity index (χ4v) is 2.67. The fraction of sp³-hybridized carbons (Fsp3) is 0.500. The van der Waals surface area contributed by atoms with Gasteiger partial charge in [-0.2, -0.15) is 0 Å². The lowest BCUT2D eigenvalue weighted by atomic mass is 10.1. The number of carboxylic acids is 1. The van der Waals surface area contributed by atoms with Crippen LogP contribution in [0.2, 0.25) is 0 Å². The average molecular weight is 251 g/mol. The van der Waals surface area contributed by atoms with Crippen LogP contribution < -0.4 is 0 Å². The largest absolute Gasteiger partial charge is 0.478 e. The molecule has 98 valence electrons. The van der Waals surface area contributed by atoms with Crippen molar-refractivity contribution in [3.63, 3.8) is 0 Å². The highest BCUT2D eigenvalue weighted by Crippen LogP contribution is 2.24. The number of likely N-dealkylation sites (tertiary alicyclic amines) is 1. The van der Waals surface area contributed by atoms with Gasteiger partial charge >= 0.3 is 5.97 Å². The van der Waals surface area contributed by atoms with Gasteiger partial charge in [0.15, 0.2) is 0 Å². The Balaban J connectivity index is 2.11. The van der Waals surface area contributed by atoms with E-state index in [1.807, 2.05) is 0 Å². The molecule has 1 fully saturated rings. The van der Waals surface area contributed by atoms with Gasteiger partial charge in [0.1, 0.15) is 5.82 Å². The number of carboxylic acid groups (broad SMARTS) is 1. The van der Waals surface area contributed by atoms with Gasteiger partial charge in [0, 0.05) is 19.1 Å². The molecular formula is C14H18FNO2. The molecule has 0 aromatic heterocycles. The predicted octanol–water partition coefficient (Wildman–Crippen LogP) is 2.75. The Morgan fingerprint density at radius 2 is 2.22 bits per heavy atom. The molecule has 0 amide bonds. The maximum atomic E-state index is 13.5. The minimum Gasteiger partial charge on any atom is -0.478 e. The van der Waals surface area contributed by atoms with Crippen LogP contribution in [0.4, 0.5) is 4.39 Å². The van der Waals surface area contributed by atoms with Gasteiger partial charge in [-0.05, 0) is 37.0 Å². The van der Waals surface area contributed by atoms with Crippen molar-refractivity contribution in [1.82, 2.24) is 4.90 Å². The molecule has 1 saturated heterocycles. The number of hydrogen-bond acceptors (Lipinski definition) is 2. The number of nitrogens with zero attached hydrogens (tertiary/aromatic N) is 1. The van der Waals surface area contributed by atoms with Crippen LogP contribution in [0.15, 0.2) is 18.2 Å². The van der Waals surface area contributed by atoms with Gasteiger partial charge in [0.25, 0.3) is 0 Å². The number of halogens is 1. The molecule has 2 unspecified atom stereocenters. The van der Waals surface area contributed by atoms with Crippen molar-refractivity contribution in [2.24, 2.45) is 5.92 Å². The molecule has 2 rings (SSSR count). The van der Waals surface area contributed by atoms with E-state index in [4.69, 9.17) is 5.11 Å². The lowest BCUT2D eigenvalue weighted by molar-refractivity contribution is 0.0692. The van der Waals surface area contributed by atoms with Crippen molar-refractivity contribution in [2.45, 2.75) is 32.9 Å². The maximum absolute atomic E-state index is 13.5. The lowest BCUT2D eigenvalue weighted by Gasteiger charge is -2.21. The molecule has 1 aromatic carbocycles. The summed E-state index contributed by atoms with van der Waals surface area (Å²) >= 11 is 0. The molecule has 0 bridgehead atoms. The van der Waals surface area contributed by atoms with Gasteiger partial charge in [-0.1, -0.05) is 13.0 Å². The van der Waals surface area contributed by atoms with Crippen LogP contribution in [0, 0.1) is 11.7 Å². The molecule has 1 heterocycles. The van der Waals surface area contributed by atoms with Crippen LogP contribution in [0.25, 0.3) is 0 Å². The molecule has 1 aliphatic heterocycles. The maximum Gasteiger partial charge on any atom is 0.338 e. The molecule has 18 heavy (non-hydrogen) atoms. The van der Waals surface area contributed by atoms with Gasteiger partial charge in [0.2, 0.25) is 0 Å². The van der Waals surface area contributed by atoms with Crippen molar-refractivity contribution >= 4 is 5.97 Å². The molecule has 0 saturated carbocycles. The van der Waals surface area contributed by atoms with Crippen LogP contribution in [0.5, 0.6) is 0 Å². The van der Waals surface area contributed by atoms with E-state index in [0.29, 0.717) is 18.5 Å². The summed E-state index contributed by atoms with van der Waals surface area (Å²) in [4.78, 5) is 13.0. The van der Waals surface area contributed by atoms with Crippen LogP contribution >= 0.6 is 0 Å². The van der Waals surface area contributed by atoms with Crippen molar-refractivity contribution in [2.75, 3.05) is 6.54 Å². The first-order chi connectivity index (χ1) is 8.47. The Hall–Kier alpha value is -1.42. The summed E-state index contributed by atoms with van der Waals surface area (Å²) in [6.45, 7) is 6.09. The van der Waals surface area contributed by atoms with Gasteiger partial charge in [-0.3, -0.25) is 4.90 Å². The summed E-state index contributed by atoms with van der Waals surface area (Å²) < 4.78 is 13.5. The average Bonchev–Trinajstić information content (AvgIpc) is 2.57. The van der Waals surface area contributed by atoms with Crippen molar-refractivity contribution in [3.05, 3.63) is 35.1 Å². The summed E-state index contributed by atoms with van der Waals surface area (Å²) in [5, 5.41) is 8.77. The first-order valence-corrected chi connectivity index (χ1v) is 6.23. The summed E-state index contributed by atoms with van der Waals surface area (Å²) in [5.74, 6) is -1.20. The highest BCUT2D eigenvalue weighted by molar-refractivity contribution is 5.87. The quantitative estimate of drug-likeness (QED) is 0.898. The minimum absolute atomic E-state index is 0.262. The monoisotopic (exact) mass is 251 g/mol. The Morgan fingerprint density at radius 1 is 1.50 bits per heavy atom. The van der Waals surface area contributed by atoms with Crippen molar-refractivity contribution in [3.8, 4) is 0 Å². The van der Waals surface area contributed by atoms with Gasteiger partial charge in [0.05, 0.1) is 5.56 Å². The van der Waals surface area contributed by atoms with E-state index in [-0.39, 0.29) is 5.56 Å². The number of carbonyl (C=O) groups is 1. The van der Waals surface area contributed by atoms with E-state index in [0.717, 1.165) is 18.5 Å². The zero-order valence-electron chi connectivity index (χ0n) is 10.7. The van der Waals surface area contributed by atoms with Crippen LogP contribution in [0.1, 0.15) is 36.2 Å². The van der Waals surface area contributed by atoms with Crippen LogP contribution in [-0.2, 0) is 6.54 Å². The first kappa shape index (κ1) is 13.0. The molecule has 0 spiro atoms.